The highest BCUT2D eigenvalue weighted by atomic mass is 31.2. The average Bonchev–Trinajstić information content (AvgIpc) is 2.83. The van der Waals surface area contributed by atoms with Crippen LogP contribution in [-0.4, -0.2) is 73.4 Å². The van der Waals surface area contributed by atoms with Crippen molar-refractivity contribution in [3.63, 3.8) is 0 Å². The smallest absolute Gasteiger partial charge is 0.387 e. The summed E-state index contributed by atoms with van der Waals surface area (Å²) in [6.45, 7) is 4.66. The van der Waals surface area contributed by atoms with E-state index < -0.39 is 20.0 Å². The van der Waals surface area contributed by atoms with Crippen molar-refractivity contribution in [1.82, 2.24) is 5.32 Å². The van der Waals surface area contributed by atoms with Crippen molar-refractivity contribution >= 4 is 13.7 Å². The molecule has 0 fully saturated rings. The fourth-order valence-corrected chi connectivity index (χ4v) is 4.71. The van der Waals surface area contributed by atoms with Gasteiger partial charge in [0, 0.05) is 6.42 Å². The molecular formula is C29H60N2O6P+. The molecule has 0 aromatic heterocycles. The number of aliphatic hydroxyl groups is 1. The van der Waals surface area contributed by atoms with Crippen molar-refractivity contribution in [1.29, 1.82) is 0 Å². The minimum atomic E-state index is -4.30. The van der Waals surface area contributed by atoms with Crippen molar-refractivity contribution in [2.45, 2.75) is 129 Å². The zero-order chi connectivity index (χ0) is 28.7. The maximum absolute atomic E-state index is 12.5. The number of quaternary nitrogens is 1. The van der Waals surface area contributed by atoms with E-state index in [0.29, 0.717) is 17.4 Å². The van der Waals surface area contributed by atoms with E-state index in [4.69, 9.17) is 9.05 Å². The molecule has 38 heavy (non-hydrogen) atoms. The molecule has 0 aliphatic carbocycles. The van der Waals surface area contributed by atoms with Crippen molar-refractivity contribution in [3.05, 3.63) is 12.2 Å². The molecule has 0 rings (SSSR count). The number of amides is 1. The second-order valence-electron chi connectivity index (χ2n) is 11.5. The fourth-order valence-electron chi connectivity index (χ4n) is 3.98. The summed E-state index contributed by atoms with van der Waals surface area (Å²) in [5.41, 5.74) is 0. The molecule has 0 aliphatic rings. The highest BCUT2D eigenvalue weighted by molar-refractivity contribution is 7.47. The molecule has 0 saturated carbocycles. The number of hydrogen-bond acceptors (Lipinski definition) is 5. The van der Waals surface area contributed by atoms with E-state index in [0.717, 1.165) is 51.4 Å². The van der Waals surface area contributed by atoms with Gasteiger partial charge in [-0.1, -0.05) is 103 Å². The minimum Gasteiger partial charge on any atom is -0.387 e. The van der Waals surface area contributed by atoms with Crippen molar-refractivity contribution < 1.29 is 32.9 Å². The van der Waals surface area contributed by atoms with Gasteiger partial charge in [0.2, 0.25) is 5.91 Å². The number of nitrogens with zero attached hydrogens (tertiary/aromatic N) is 1. The molecule has 0 aliphatic heterocycles. The maximum Gasteiger partial charge on any atom is 0.472 e. The molecule has 3 atom stereocenters. The summed E-state index contributed by atoms with van der Waals surface area (Å²) in [6, 6.07) is -0.833. The Kier molecular flexibility index (Phi) is 22.5. The highest BCUT2D eigenvalue weighted by Gasteiger charge is 2.27. The number of allylic oxidation sites excluding steroid dienone is 1. The van der Waals surface area contributed by atoms with Crippen LogP contribution in [-0.2, 0) is 18.4 Å². The summed E-state index contributed by atoms with van der Waals surface area (Å²) in [4.78, 5) is 22.6. The Bertz CT molecular complexity index is 653. The molecule has 0 aromatic carbocycles. The van der Waals surface area contributed by atoms with Gasteiger partial charge in [-0.2, -0.15) is 0 Å². The van der Waals surface area contributed by atoms with E-state index in [1.54, 1.807) is 6.08 Å². The Morgan fingerprint density at radius 2 is 1.39 bits per heavy atom. The van der Waals surface area contributed by atoms with Gasteiger partial charge in [-0.3, -0.25) is 13.8 Å². The lowest BCUT2D eigenvalue weighted by Gasteiger charge is -2.25. The number of aliphatic hydroxyl groups excluding tert-OH is 1. The van der Waals surface area contributed by atoms with Gasteiger partial charge in [0.1, 0.15) is 13.2 Å². The van der Waals surface area contributed by atoms with Crippen LogP contribution < -0.4 is 5.32 Å². The molecule has 3 N–H and O–H groups in total. The number of phosphoric ester groups is 1. The monoisotopic (exact) mass is 563 g/mol. The second-order valence-corrected chi connectivity index (χ2v) is 12.9. The SMILES string of the molecule is CCCCCCCCCCC/C=C/C(O)C(COP(=O)(O)OCC[N+](C)(C)C)NC(=O)CCCCCCC. The molecule has 226 valence electrons. The number of carbonyl (C=O) groups is 1. The standard InChI is InChI=1S/C29H59N2O6P/c1-6-8-10-12-13-14-15-16-17-19-20-22-28(32)27(30-29(33)23-21-18-11-9-7-2)26-37-38(34,35)36-25-24-31(3,4)5/h20,22,27-28,32H,6-19,21,23-26H2,1-5H3,(H-,30,33,34,35)/p+1/b22-20+. The zero-order valence-corrected chi connectivity index (χ0v) is 26.1. The Morgan fingerprint density at radius 1 is 0.868 bits per heavy atom. The van der Waals surface area contributed by atoms with Crippen LogP contribution >= 0.6 is 7.82 Å². The quantitative estimate of drug-likeness (QED) is 0.0480. The van der Waals surface area contributed by atoms with Gasteiger partial charge < -0.3 is 19.8 Å². The summed E-state index contributed by atoms with van der Waals surface area (Å²) in [7, 11) is 1.57. The summed E-state index contributed by atoms with van der Waals surface area (Å²) in [5.74, 6) is -0.194. The number of likely N-dealkylation sites (N-methyl/N-ethyl adjacent to an activating group) is 1. The highest BCUT2D eigenvalue weighted by Crippen LogP contribution is 2.43. The number of carbonyl (C=O) groups excluding carboxylic acids is 1. The van der Waals surface area contributed by atoms with Gasteiger partial charge in [0.05, 0.1) is 39.9 Å². The van der Waals surface area contributed by atoms with Crippen LogP contribution in [0.3, 0.4) is 0 Å². The van der Waals surface area contributed by atoms with Gasteiger partial charge in [-0.25, -0.2) is 4.57 Å². The molecule has 0 spiro atoms. The van der Waals surface area contributed by atoms with E-state index in [1.807, 2.05) is 27.2 Å². The predicted octanol–water partition coefficient (Wildman–Crippen LogP) is 6.51. The summed E-state index contributed by atoms with van der Waals surface area (Å²) < 4.78 is 23.2. The molecule has 0 aromatic rings. The Labute approximate surface area is 233 Å². The topological polar surface area (TPSA) is 105 Å². The first-order chi connectivity index (χ1) is 18.0. The first-order valence-corrected chi connectivity index (χ1v) is 16.6. The van der Waals surface area contributed by atoms with Crippen LogP contribution in [0.15, 0.2) is 12.2 Å². The molecule has 3 unspecified atom stereocenters. The summed E-state index contributed by atoms with van der Waals surface area (Å²) in [5, 5.41) is 13.5. The molecule has 1 amide bonds. The van der Waals surface area contributed by atoms with Crippen molar-refractivity contribution in [2.75, 3.05) is 40.9 Å². The van der Waals surface area contributed by atoms with Crippen molar-refractivity contribution in [2.24, 2.45) is 0 Å². The largest absolute Gasteiger partial charge is 0.472 e. The Balaban J connectivity index is 4.65. The number of phosphoric acid groups is 1. The lowest BCUT2D eigenvalue weighted by atomic mass is 10.1. The van der Waals surface area contributed by atoms with Gasteiger partial charge in [-0.05, 0) is 19.3 Å². The zero-order valence-electron chi connectivity index (χ0n) is 25.2. The fraction of sp³-hybridized carbons (Fsp3) is 0.897. The van der Waals surface area contributed by atoms with Crippen LogP contribution in [0.25, 0.3) is 0 Å². The first kappa shape index (κ1) is 37.2. The molecule has 0 radical (unpaired) electrons. The molecule has 9 heteroatoms. The molecule has 0 bridgehead atoms. The molecule has 0 saturated heterocycles. The molecule has 8 nitrogen and oxygen atoms in total. The Morgan fingerprint density at radius 3 is 1.95 bits per heavy atom. The van der Waals surface area contributed by atoms with Gasteiger partial charge in [0.25, 0.3) is 0 Å². The van der Waals surface area contributed by atoms with Gasteiger partial charge >= 0.3 is 7.82 Å². The van der Waals surface area contributed by atoms with Gasteiger partial charge in [-0.15, -0.1) is 0 Å². The lowest BCUT2D eigenvalue weighted by Crippen LogP contribution is -2.45. The summed E-state index contributed by atoms with van der Waals surface area (Å²) in [6.07, 6.45) is 20.2. The lowest BCUT2D eigenvalue weighted by molar-refractivity contribution is -0.870. The van der Waals surface area contributed by atoms with Crippen LogP contribution in [0.1, 0.15) is 117 Å². The van der Waals surface area contributed by atoms with Crippen molar-refractivity contribution in [3.8, 4) is 0 Å². The molecule has 0 heterocycles. The van der Waals surface area contributed by atoms with Crippen LogP contribution in [0, 0.1) is 0 Å². The van der Waals surface area contributed by atoms with Crippen LogP contribution in [0.4, 0.5) is 0 Å². The maximum atomic E-state index is 12.5. The van der Waals surface area contributed by atoms with E-state index in [2.05, 4.69) is 19.2 Å². The third-order valence-electron chi connectivity index (χ3n) is 6.51. The predicted molar refractivity (Wildman–Crippen MR) is 157 cm³/mol. The normalized spacial score (nSPS) is 15.4. The van der Waals surface area contributed by atoms with E-state index in [1.165, 1.54) is 44.9 Å². The molecular weight excluding hydrogens is 503 g/mol. The number of unbranched alkanes of at least 4 members (excludes halogenated alkanes) is 13. The number of rotatable bonds is 26. The van der Waals surface area contributed by atoms with Gasteiger partial charge in [0.15, 0.2) is 0 Å². The third-order valence-corrected chi connectivity index (χ3v) is 7.49. The van der Waals surface area contributed by atoms with E-state index in [-0.39, 0.29) is 19.1 Å². The third kappa shape index (κ3) is 24.3. The number of nitrogens with one attached hydrogen (secondary N) is 1. The van der Waals surface area contributed by atoms with E-state index >= 15 is 0 Å². The minimum absolute atomic E-state index is 0.0628. The van der Waals surface area contributed by atoms with Crippen LogP contribution in [0.2, 0.25) is 0 Å². The van der Waals surface area contributed by atoms with E-state index in [9.17, 15) is 19.4 Å². The van der Waals surface area contributed by atoms with Crippen LogP contribution in [0.5, 0.6) is 0 Å². The second kappa shape index (κ2) is 23.0. The summed E-state index contributed by atoms with van der Waals surface area (Å²) >= 11 is 0. The average molecular weight is 564 g/mol. The number of hydrogen-bond donors (Lipinski definition) is 3. The Hall–Kier alpha value is -0.760. The first-order valence-electron chi connectivity index (χ1n) is 15.1.